The second-order valence-electron chi connectivity index (χ2n) is 6.60. The SMILES string of the molecule is O=C(COC(=O)c1c(-n2cccc2)sc2c1CCSC2)Nc1ccc(SC(F)F)cc1. The molecule has 0 fully saturated rings. The van der Waals surface area contributed by atoms with Gasteiger partial charge in [0.2, 0.25) is 0 Å². The van der Waals surface area contributed by atoms with Crippen LogP contribution in [0.2, 0.25) is 0 Å². The first-order valence-electron chi connectivity index (χ1n) is 9.38. The van der Waals surface area contributed by atoms with Crippen LogP contribution in [-0.2, 0) is 21.7 Å². The molecule has 1 amide bonds. The van der Waals surface area contributed by atoms with Crippen molar-refractivity contribution in [2.45, 2.75) is 22.8 Å². The molecule has 0 atom stereocenters. The number of alkyl halides is 2. The van der Waals surface area contributed by atoms with Gasteiger partial charge in [-0.05, 0) is 54.1 Å². The maximum absolute atomic E-state index is 12.9. The minimum atomic E-state index is -2.50. The summed E-state index contributed by atoms with van der Waals surface area (Å²) in [5.74, 6) is -1.72. The topological polar surface area (TPSA) is 60.3 Å². The molecule has 3 heterocycles. The second kappa shape index (κ2) is 9.88. The highest BCUT2D eigenvalue weighted by Crippen LogP contribution is 2.38. The van der Waals surface area contributed by atoms with Crippen LogP contribution >= 0.6 is 34.9 Å². The summed E-state index contributed by atoms with van der Waals surface area (Å²) in [6, 6.07) is 9.83. The first-order valence-corrected chi connectivity index (χ1v) is 12.2. The Labute approximate surface area is 190 Å². The zero-order valence-electron chi connectivity index (χ0n) is 16.2. The third-order valence-electron chi connectivity index (χ3n) is 4.54. The number of rotatable bonds is 7. The van der Waals surface area contributed by atoms with Crippen LogP contribution in [0.3, 0.4) is 0 Å². The highest BCUT2D eigenvalue weighted by Gasteiger charge is 2.27. The molecular weight excluding hydrogens is 462 g/mol. The van der Waals surface area contributed by atoms with Crippen LogP contribution in [0.4, 0.5) is 14.5 Å². The molecule has 0 bridgehead atoms. The van der Waals surface area contributed by atoms with Gasteiger partial charge in [-0.25, -0.2) is 4.79 Å². The number of benzene rings is 1. The summed E-state index contributed by atoms with van der Waals surface area (Å²) in [6.07, 6.45) is 4.55. The van der Waals surface area contributed by atoms with Gasteiger partial charge in [0, 0.05) is 33.6 Å². The van der Waals surface area contributed by atoms with Crippen molar-refractivity contribution in [2.24, 2.45) is 0 Å². The fourth-order valence-electron chi connectivity index (χ4n) is 3.20. The molecule has 0 radical (unpaired) electrons. The van der Waals surface area contributed by atoms with Gasteiger partial charge in [0.15, 0.2) is 6.61 Å². The lowest BCUT2D eigenvalue weighted by molar-refractivity contribution is -0.119. The summed E-state index contributed by atoms with van der Waals surface area (Å²) >= 11 is 3.84. The molecule has 4 rings (SSSR count). The maximum Gasteiger partial charge on any atom is 0.341 e. The number of halogens is 2. The van der Waals surface area contributed by atoms with Crippen molar-refractivity contribution in [1.29, 1.82) is 0 Å². The zero-order valence-corrected chi connectivity index (χ0v) is 18.6. The lowest BCUT2D eigenvalue weighted by Gasteiger charge is -2.13. The van der Waals surface area contributed by atoms with Gasteiger partial charge in [-0.3, -0.25) is 4.79 Å². The summed E-state index contributed by atoms with van der Waals surface area (Å²) in [5, 5.41) is 3.41. The summed E-state index contributed by atoms with van der Waals surface area (Å²) in [6.45, 7) is -0.434. The predicted octanol–water partition coefficient (Wildman–Crippen LogP) is 5.44. The Morgan fingerprint density at radius 1 is 1.19 bits per heavy atom. The van der Waals surface area contributed by atoms with Crippen LogP contribution < -0.4 is 5.32 Å². The average Bonchev–Trinajstić information content (AvgIpc) is 3.40. The van der Waals surface area contributed by atoms with E-state index in [1.165, 1.54) is 24.3 Å². The third kappa shape index (κ3) is 5.31. The largest absolute Gasteiger partial charge is 0.452 e. The number of ether oxygens (including phenoxy) is 1. The molecule has 0 saturated carbocycles. The Morgan fingerprint density at radius 2 is 1.94 bits per heavy atom. The lowest BCUT2D eigenvalue weighted by Crippen LogP contribution is -2.22. The molecule has 3 aromatic rings. The summed E-state index contributed by atoms with van der Waals surface area (Å²) < 4.78 is 32.0. The van der Waals surface area contributed by atoms with Crippen LogP contribution in [0.1, 0.15) is 20.8 Å². The molecule has 162 valence electrons. The molecule has 1 N–H and O–H groups in total. The fraction of sp³-hybridized carbons (Fsp3) is 0.238. The van der Waals surface area contributed by atoms with Crippen molar-refractivity contribution in [2.75, 3.05) is 17.7 Å². The molecule has 5 nitrogen and oxygen atoms in total. The molecule has 10 heteroatoms. The lowest BCUT2D eigenvalue weighted by atomic mass is 10.1. The van der Waals surface area contributed by atoms with E-state index in [2.05, 4.69) is 5.32 Å². The number of hydrogen-bond donors (Lipinski definition) is 1. The quantitative estimate of drug-likeness (QED) is 0.361. The van der Waals surface area contributed by atoms with Crippen molar-refractivity contribution in [3.8, 4) is 5.00 Å². The number of nitrogens with zero attached hydrogens (tertiary/aromatic N) is 1. The minimum absolute atomic E-state index is 0.400. The molecule has 1 aromatic carbocycles. The summed E-state index contributed by atoms with van der Waals surface area (Å²) in [7, 11) is 0. The predicted molar refractivity (Wildman–Crippen MR) is 121 cm³/mol. The molecule has 1 aliphatic rings. The van der Waals surface area contributed by atoms with E-state index in [4.69, 9.17) is 4.74 Å². The zero-order chi connectivity index (χ0) is 21.8. The number of anilines is 1. The van der Waals surface area contributed by atoms with Gasteiger partial charge in [-0.2, -0.15) is 20.5 Å². The van der Waals surface area contributed by atoms with Crippen LogP contribution in [0.5, 0.6) is 0 Å². The Balaban J connectivity index is 1.42. The van der Waals surface area contributed by atoms with E-state index in [0.717, 1.165) is 33.4 Å². The Kier molecular flexibility index (Phi) is 6.99. The Morgan fingerprint density at radius 3 is 2.65 bits per heavy atom. The van der Waals surface area contributed by atoms with E-state index in [-0.39, 0.29) is 0 Å². The second-order valence-corrected chi connectivity index (χ2v) is 9.86. The molecule has 2 aromatic heterocycles. The molecule has 0 spiro atoms. The van der Waals surface area contributed by atoms with Gasteiger partial charge in [-0.15, -0.1) is 11.3 Å². The molecule has 0 aliphatic carbocycles. The monoisotopic (exact) mass is 480 g/mol. The number of hydrogen-bond acceptors (Lipinski definition) is 6. The minimum Gasteiger partial charge on any atom is -0.452 e. The van der Waals surface area contributed by atoms with Gasteiger partial charge < -0.3 is 14.6 Å². The van der Waals surface area contributed by atoms with Crippen molar-refractivity contribution < 1.29 is 23.1 Å². The van der Waals surface area contributed by atoms with Crippen LogP contribution in [0.15, 0.2) is 53.7 Å². The van der Waals surface area contributed by atoms with Crippen molar-refractivity contribution in [3.05, 3.63) is 64.8 Å². The third-order valence-corrected chi connectivity index (χ3v) is 7.68. The van der Waals surface area contributed by atoms with E-state index in [1.807, 2.05) is 40.9 Å². The smallest absolute Gasteiger partial charge is 0.341 e. The number of fused-ring (bicyclic) bond motifs is 1. The number of carbonyl (C=O) groups is 2. The van der Waals surface area contributed by atoms with Crippen LogP contribution in [-0.4, -0.2) is 34.6 Å². The standard InChI is InChI=1S/C21H18F2N2O3S3/c22-21(23)30-14-5-3-13(4-6-14)24-17(26)11-28-20(27)18-15-7-10-29-12-16(15)31-19(18)25-8-1-2-9-25/h1-6,8-9,21H,7,10-12H2,(H,24,26). The normalized spacial score (nSPS) is 13.1. The number of thioether (sulfide) groups is 2. The van der Waals surface area contributed by atoms with Gasteiger partial charge in [0.25, 0.3) is 11.7 Å². The first-order chi connectivity index (χ1) is 15.0. The highest BCUT2D eigenvalue weighted by molar-refractivity contribution is 7.99. The summed E-state index contributed by atoms with van der Waals surface area (Å²) in [5.41, 5.74) is 1.97. The number of carbonyl (C=O) groups excluding carboxylic acids is 2. The van der Waals surface area contributed by atoms with E-state index < -0.39 is 24.2 Å². The molecular formula is C21H18F2N2O3S3. The molecule has 0 unspecified atom stereocenters. The van der Waals surface area contributed by atoms with E-state index >= 15 is 0 Å². The van der Waals surface area contributed by atoms with Gasteiger partial charge >= 0.3 is 5.97 Å². The highest BCUT2D eigenvalue weighted by atomic mass is 32.2. The Bertz CT molecular complexity index is 1070. The summed E-state index contributed by atoms with van der Waals surface area (Å²) in [4.78, 5) is 26.7. The molecule has 0 saturated heterocycles. The van der Waals surface area contributed by atoms with Crippen LogP contribution in [0, 0.1) is 0 Å². The number of nitrogens with one attached hydrogen (secondary N) is 1. The van der Waals surface area contributed by atoms with Crippen molar-refractivity contribution >= 4 is 52.4 Å². The average molecular weight is 481 g/mol. The van der Waals surface area contributed by atoms with Crippen molar-refractivity contribution in [1.82, 2.24) is 4.57 Å². The fourth-order valence-corrected chi connectivity index (χ4v) is 6.13. The maximum atomic E-state index is 12.9. The molecule has 1 aliphatic heterocycles. The Hall–Kier alpha value is -2.30. The first kappa shape index (κ1) is 21.9. The van der Waals surface area contributed by atoms with E-state index in [9.17, 15) is 18.4 Å². The number of amides is 1. The van der Waals surface area contributed by atoms with Crippen molar-refractivity contribution in [3.63, 3.8) is 0 Å². The van der Waals surface area contributed by atoms with Crippen LogP contribution in [0.25, 0.3) is 5.00 Å². The van der Waals surface area contributed by atoms with Gasteiger partial charge in [0.05, 0.1) is 5.56 Å². The van der Waals surface area contributed by atoms with Gasteiger partial charge in [0.1, 0.15) is 5.00 Å². The van der Waals surface area contributed by atoms with Gasteiger partial charge in [-0.1, -0.05) is 11.8 Å². The number of aromatic nitrogens is 1. The van der Waals surface area contributed by atoms with E-state index in [1.54, 1.807) is 11.3 Å². The number of thiophene rings is 1. The van der Waals surface area contributed by atoms with E-state index in [0.29, 0.717) is 27.9 Å². The number of esters is 1. The molecule has 31 heavy (non-hydrogen) atoms.